The van der Waals surface area contributed by atoms with Crippen LogP contribution in [0.1, 0.15) is 56.2 Å². The number of benzene rings is 2. The first kappa shape index (κ1) is 20.7. The number of nitrogens with one attached hydrogen (secondary N) is 1. The average molecular weight is 403 g/mol. The van der Waals surface area contributed by atoms with E-state index in [1.165, 1.54) is 40.4 Å². The van der Waals surface area contributed by atoms with Crippen molar-refractivity contribution in [3.63, 3.8) is 0 Å². The van der Waals surface area contributed by atoms with Gasteiger partial charge in [0, 0.05) is 36.1 Å². The molecule has 3 atom stereocenters. The summed E-state index contributed by atoms with van der Waals surface area (Å²) in [7, 11) is 0. The Balaban J connectivity index is 1.45. The van der Waals surface area contributed by atoms with Crippen LogP contribution in [0.2, 0.25) is 0 Å². The molecule has 0 spiro atoms. The van der Waals surface area contributed by atoms with Crippen molar-refractivity contribution in [2.45, 2.75) is 65.5 Å². The Labute approximate surface area is 180 Å². The van der Waals surface area contributed by atoms with Crippen LogP contribution in [0, 0.1) is 18.8 Å². The highest BCUT2D eigenvalue weighted by atomic mass is 16.1. The molecule has 1 saturated carbocycles. The van der Waals surface area contributed by atoms with Crippen molar-refractivity contribution < 1.29 is 4.79 Å². The van der Waals surface area contributed by atoms with E-state index >= 15 is 0 Å². The summed E-state index contributed by atoms with van der Waals surface area (Å²) in [5.74, 6) is 1.46. The van der Waals surface area contributed by atoms with Crippen molar-refractivity contribution in [2.75, 3.05) is 0 Å². The fraction of sp³-hybridized carbons (Fsp3) is 0.444. The molecular formula is C27H34N2O. The number of para-hydroxylation sites is 1. The molecule has 1 fully saturated rings. The number of rotatable bonds is 6. The van der Waals surface area contributed by atoms with Crippen LogP contribution in [0.25, 0.3) is 10.9 Å². The third-order valence-corrected chi connectivity index (χ3v) is 7.02. The maximum absolute atomic E-state index is 12.7. The van der Waals surface area contributed by atoms with E-state index in [-0.39, 0.29) is 5.91 Å². The highest BCUT2D eigenvalue weighted by Crippen LogP contribution is 2.29. The lowest BCUT2D eigenvalue weighted by Gasteiger charge is -2.34. The summed E-state index contributed by atoms with van der Waals surface area (Å²) >= 11 is 0. The van der Waals surface area contributed by atoms with Gasteiger partial charge in [-0.25, -0.2) is 0 Å². The van der Waals surface area contributed by atoms with Crippen LogP contribution in [0.15, 0.2) is 54.7 Å². The van der Waals surface area contributed by atoms with E-state index in [0.717, 1.165) is 19.4 Å². The van der Waals surface area contributed by atoms with Crippen LogP contribution < -0.4 is 5.32 Å². The highest BCUT2D eigenvalue weighted by Gasteiger charge is 2.28. The predicted octanol–water partition coefficient (Wildman–Crippen LogP) is 5.87. The standard InChI is InChI=1S/C27H34N2O/c1-19-11-13-22(14-12-19)17-29-18-23(24-8-4-5-10-26(24)29)15-16-27(30)28-25-9-6-7-20(2)21(25)3/h4-5,8,10-14,18,20-21,25H,6-7,9,15-17H2,1-3H3,(H,28,30)/t20-,21+,25+/m0/s1. The smallest absolute Gasteiger partial charge is 0.220 e. The normalized spacial score (nSPS) is 21.6. The van der Waals surface area contributed by atoms with E-state index in [9.17, 15) is 4.79 Å². The molecule has 4 rings (SSSR count). The summed E-state index contributed by atoms with van der Waals surface area (Å²) in [5.41, 5.74) is 5.08. The zero-order valence-corrected chi connectivity index (χ0v) is 18.5. The predicted molar refractivity (Wildman–Crippen MR) is 125 cm³/mol. The second-order valence-corrected chi connectivity index (χ2v) is 9.23. The number of fused-ring (bicyclic) bond motifs is 1. The summed E-state index contributed by atoms with van der Waals surface area (Å²) in [6, 6.07) is 17.6. The van der Waals surface area contributed by atoms with Gasteiger partial charge in [-0.15, -0.1) is 0 Å². The Morgan fingerprint density at radius 3 is 2.63 bits per heavy atom. The largest absolute Gasteiger partial charge is 0.353 e. The van der Waals surface area contributed by atoms with Gasteiger partial charge in [0.05, 0.1) is 0 Å². The molecule has 0 bridgehead atoms. The number of aromatic nitrogens is 1. The monoisotopic (exact) mass is 402 g/mol. The molecule has 1 aliphatic rings. The molecule has 2 aromatic carbocycles. The van der Waals surface area contributed by atoms with Crippen molar-refractivity contribution >= 4 is 16.8 Å². The molecule has 3 heteroatoms. The minimum absolute atomic E-state index is 0.191. The first-order chi connectivity index (χ1) is 14.5. The number of carbonyl (C=O) groups is 1. The Morgan fingerprint density at radius 2 is 1.83 bits per heavy atom. The quantitative estimate of drug-likeness (QED) is 0.549. The third-order valence-electron chi connectivity index (χ3n) is 7.02. The molecule has 30 heavy (non-hydrogen) atoms. The van der Waals surface area contributed by atoms with E-state index < -0.39 is 0 Å². The number of carbonyl (C=O) groups excluding carboxylic acids is 1. The first-order valence-electron chi connectivity index (χ1n) is 11.4. The number of hydrogen-bond donors (Lipinski definition) is 1. The van der Waals surface area contributed by atoms with Gasteiger partial charge < -0.3 is 9.88 Å². The van der Waals surface area contributed by atoms with Gasteiger partial charge in [-0.2, -0.15) is 0 Å². The summed E-state index contributed by atoms with van der Waals surface area (Å²) < 4.78 is 2.32. The first-order valence-corrected chi connectivity index (χ1v) is 11.4. The fourth-order valence-corrected chi connectivity index (χ4v) is 4.86. The average Bonchev–Trinajstić information content (AvgIpc) is 3.09. The molecule has 1 aromatic heterocycles. The summed E-state index contributed by atoms with van der Waals surface area (Å²) in [6.07, 6.45) is 7.20. The van der Waals surface area contributed by atoms with E-state index in [1.54, 1.807) is 0 Å². The van der Waals surface area contributed by atoms with Crippen LogP contribution in [0.5, 0.6) is 0 Å². The minimum Gasteiger partial charge on any atom is -0.353 e. The van der Waals surface area contributed by atoms with Gasteiger partial charge in [-0.05, 0) is 48.8 Å². The third kappa shape index (κ3) is 4.61. The molecule has 158 valence electrons. The zero-order valence-electron chi connectivity index (χ0n) is 18.5. The molecule has 0 radical (unpaired) electrons. The molecule has 0 aliphatic heterocycles. The minimum atomic E-state index is 0.191. The molecular weight excluding hydrogens is 368 g/mol. The van der Waals surface area contributed by atoms with Gasteiger partial charge >= 0.3 is 0 Å². The van der Waals surface area contributed by atoms with Gasteiger partial charge in [0.2, 0.25) is 5.91 Å². The number of amides is 1. The van der Waals surface area contributed by atoms with E-state index in [4.69, 9.17) is 0 Å². The Hall–Kier alpha value is -2.55. The fourth-order valence-electron chi connectivity index (χ4n) is 4.86. The maximum atomic E-state index is 12.7. The van der Waals surface area contributed by atoms with Gasteiger partial charge in [-0.1, -0.05) is 74.7 Å². The van der Waals surface area contributed by atoms with Crippen molar-refractivity contribution in [1.29, 1.82) is 0 Å². The molecule has 1 amide bonds. The van der Waals surface area contributed by atoms with Gasteiger partial charge in [0.1, 0.15) is 0 Å². The Kier molecular flexibility index (Phi) is 6.26. The van der Waals surface area contributed by atoms with Gasteiger partial charge in [0.15, 0.2) is 0 Å². The van der Waals surface area contributed by atoms with Crippen molar-refractivity contribution in [2.24, 2.45) is 11.8 Å². The molecule has 1 heterocycles. The SMILES string of the molecule is Cc1ccc(Cn2cc(CCC(=O)N[C@@H]3CCC[C@H](C)[C@H]3C)c3ccccc32)cc1. The second-order valence-electron chi connectivity index (χ2n) is 9.23. The maximum Gasteiger partial charge on any atom is 0.220 e. The molecule has 1 aliphatic carbocycles. The zero-order chi connectivity index (χ0) is 21.1. The lowest BCUT2D eigenvalue weighted by molar-refractivity contribution is -0.122. The Morgan fingerprint density at radius 1 is 1.07 bits per heavy atom. The Bertz CT molecular complexity index is 1000. The second kappa shape index (κ2) is 9.07. The summed E-state index contributed by atoms with van der Waals surface area (Å²) in [5, 5.41) is 4.58. The lowest BCUT2D eigenvalue weighted by atomic mass is 9.78. The summed E-state index contributed by atoms with van der Waals surface area (Å²) in [6.45, 7) is 7.57. The lowest BCUT2D eigenvalue weighted by Crippen LogP contribution is -2.43. The van der Waals surface area contributed by atoms with Crippen molar-refractivity contribution in [3.8, 4) is 0 Å². The van der Waals surface area contributed by atoms with E-state index in [1.807, 2.05) is 0 Å². The van der Waals surface area contributed by atoms with Crippen LogP contribution in [0.3, 0.4) is 0 Å². The van der Waals surface area contributed by atoms with Crippen LogP contribution in [0.4, 0.5) is 0 Å². The van der Waals surface area contributed by atoms with Gasteiger partial charge in [0.25, 0.3) is 0 Å². The van der Waals surface area contributed by atoms with Crippen LogP contribution >= 0.6 is 0 Å². The van der Waals surface area contributed by atoms with E-state index in [0.29, 0.717) is 24.3 Å². The number of aryl methyl sites for hydroxylation is 2. The van der Waals surface area contributed by atoms with Crippen molar-refractivity contribution in [1.82, 2.24) is 9.88 Å². The van der Waals surface area contributed by atoms with Crippen molar-refractivity contribution in [3.05, 3.63) is 71.4 Å². The molecule has 0 saturated heterocycles. The molecule has 3 nitrogen and oxygen atoms in total. The highest BCUT2D eigenvalue weighted by molar-refractivity contribution is 5.85. The molecule has 3 aromatic rings. The topological polar surface area (TPSA) is 34.0 Å². The molecule has 0 unspecified atom stereocenters. The number of nitrogens with zero attached hydrogens (tertiary/aromatic N) is 1. The van der Waals surface area contributed by atoms with E-state index in [2.05, 4.69) is 85.4 Å². The van der Waals surface area contributed by atoms with Crippen LogP contribution in [-0.2, 0) is 17.8 Å². The van der Waals surface area contributed by atoms with Gasteiger partial charge in [-0.3, -0.25) is 4.79 Å². The van der Waals surface area contributed by atoms with Crippen LogP contribution in [-0.4, -0.2) is 16.5 Å². The molecule has 1 N–H and O–H groups in total. The summed E-state index contributed by atoms with van der Waals surface area (Å²) in [4.78, 5) is 12.7. The number of hydrogen-bond acceptors (Lipinski definition) is 1.